The number of carboxylic acids is 1. The number of hydrogen-bond acceptors (Lipinski definition) is 20. The summed E-state index contributed by atoms with van der Waals surface area (Å²) in [6, 6.07) is 15.4. The van der Waals surface area contributed by atoms with Crippen LogP contribution >= 0.6 is 34.8 Å². The van der Waals surface area contributed by atoms with Crippen molar-refractivity contribution >= 4 is 82.1 Å². The van der Waals surface area contributed by atoms with E-state index >= 15 is 14.4 Å². The Bertz CT molecular complexity index is 4510. The van der Waals surface area contributed by atoms with E-state index in [2.05, 4.69) is 37.2 Å². The molecule has 6 aliphatic heterocycles. The molecule has 13 rings (SSSR count). The Morgan fingerprint density at radius 1 is 0.660 bits per heavy atom. The van der Waals surface area contributed by atoms with Crippen molar-refractivity contribution in [1.29, 1.82) is 0 Å². The smallest absolute Gasteiger partial charge is 0.330 e. The first kappa shape index (κ1) is 73.9. The van der Waals surface area contributed by atoms with Gasteiger partial charge in [-0.05, 0) is 132 Å². The third kappa shape index (κ3) is 16.2. The Labute approximate surface area is 602 Å². The maximum atomic E-state index is 16.0. The van der Waals surface area contributed by atoms with Crippen molar-refractivity contribution in [3.8, 4) is 68.2 Å². The van der Waals surface area contributed by atoms with Crippen molar-refractivity contribution in [1.82, 2.24) is 37.2 Å². The summed E-state index contributed by atoms with van der Waals surface area (Å²) in [5, 5.41) is 99.2. The molecule has 0 spiro atoms. The average Bonchev–Trinajstić information content (AvgIpc) is 0.773. The molecule has 31 heteroatoms. The third-order valence-corrected chi connectivity index (χ3v) is 19.0. The fraction of sp³-hybridized carbons (Fsp3) is 0.306. The number of primary amides is 1. The molecule has 540 valence electrons. The zero-order valence-electron chi connectivity index (χ0n) is 55.3. The fourth-order valence-electron chi connectivity index (χ4n) is 12.7. The summed E-state index contributed by atoms with van der Waals surface area (Å²) in [7, 11) is 0. The highest BCUT2D eigenvalue weighted by molar-refractivity contribution is 6.32. The van der Waals surface area contributed by atoms with Crippen LogP contribution in [0.1, 0.15) is 111 Å². The number of hydrogen-bond donors (Lipinski definition) is 16. The van der Waals surface area contributed by atoms with Crippen LogP contribution in [0.2, 0.25) is 15.1 Å². The van der Waals surface area contributed by atoms with Gasteiger partial charge in [0.1, 0.15) is 71.2 Å². The fourth-order valence-corrected chi connectivity index (χ4v) is 13.3. The maximum absolute atomic E-state index is 16.0. The molecule has 0 radical (unpaired) electrons. The summed E-state index contributed by atoms with van der Waals surface area (Å²) in [6.07, 6.45) is -8.77. The highest BCUT2D eigenvalue weighted by atomic mass is 35.5. The van der Waals surface area contributed by atoms with Crippen LogP contribution in [0.25, 0.3) is 22.3 Å². The number of aliphatic hydroxyl groups excluding tert-OH is 3. The molecule has 7 aromatic rings. The van der Waals surface area contributed by atoms with E-state index in [-0.39, 0.29) is 74.9 Å². The Hall–Kier alpha value is -10.3. The number of ether oxygens (including phenoxy) is 4. The molecule has 1 fully saturated rings. The van der Waals surface area contributed by atoms with E-state index in [1.165, 1.54) is 42.5 Å². The SMILES string of the molecule is CC(C)C[C@H](N)C(=O)N[C@H]1C(=O)N[C@@H](CC(N)=O)C(=O)NC2C(=O)NC3C(=O)N[C@H](C(=O)N[C@H](C(=O)O)c4cc(O)cc(O)c4-c4cc3ccc4O)[C@H](O)c3ccc(c(Cl)c3)Oc3cc2cc(c3OC2C[C@](C)(NCc3ccc(-c4ccc(Cl)cc4)cc3)[C@H](O)[C@H](C)O2)Oc2ccc(cc2Cl)[C@H]1O. The second-order valence-electron chi connectivity index (χ2n) is 26.1. The van der Waals surface area contributed by atoms with Gasteiger partial charge in [-0.25, -0.2) is 4.79 Å². The molecule has 7 amide bonds. The lowest BCUT2D eigenvalue weighted by Gasteiger charge is -2.45. The van der Waals surface area contributed by atoms with Crippen LogP contribution < -0.4 is 62.9 Å². The first-order valence-electron chi connectivity index (χ1n) is 32.4. The van der Waals surface area contributed by atoms with Crippen LogP contribution in [0.4, 0.5) is 0 Å². The van der Waals surface area contributed by atoms with E-state index in [9.17, 15) is 59.7 Å². The Balaban J connectivity index is 1.11. The maximum Gasteiger partial charge on any atom is 0.330 e. The second-order valence-corrected chi connectivity index (χ2v) is 27.4. The van der Waals surface area contributed by atoms with Gasteiger partial charge in [0.2, 0.25) is 53.4 Å². The lowest BCUT2D eigenvalue weighted by atomic mass is 9.85. The number of nitrogens with two attached hydrogens (primary N) is 2. The first-order chi connectivity index (χ1) is 48.8. The molecule has 0 saturated carbocycles. The van der Waals surface area contributed by atoms with Crippen molar-refractivity contribution in [2.45, 2.75) is 132 Å². The highest BCUT2D eigenvalue weighted by Gasteiger charge is 2.47. The number of carbonyl (C=O) groups is 8. The normalized spacial score (nSPS) is 24.5. The number of aliphatic hydroxyl groups is 3. The van der Waals surface area contributed by atoms with Crippen LogP contribution in [-0.2, 0) is 49.6 Å². The molecule has 6 aliphatic rings. The molecule has 11 bridgehead atoms. The minimum absolute atomic E-state index is 0.110. The molecule has 13 atom stereocenters. The molecule has 7 aromatic carbocycles. The van der Waals surface area contributed by atoms with Crippen molar-refractivity contribution in [2.75, 3.05) is 0 Å². The van der Waals surface area contributed by atoms with E-state index in [4.69, 9.17) is 65.2 Å². The number of carboxylic acid groups (broad SMARTS) is 1. The van der Waals surface area contributed by atoms with Crippen LogP contribution in [-0.4, -0.2) is 131 Å². The van der Waals surface area contributed by atoms with Gasteiger partial charge in [0.15, 0.2) is 17.5 Å². The molecular weight excluding hydrogens is 1400 g/mol. The number of aliphatic carboxylic acids is 1. The van der Waals surface area contributed by atoms with Crippen LogP contribution in [0, 0.1) is 5.92 Å². The van der Waals surface area contributed by atoms with Gasteiger partial charge < -0.3 is 103 Å². The quantitative estimate of drug-likeness (QED) is 0.0613. The summed E-state index contributed by atoms with van der Waals surface area (Å²) >= 11 is 20.3. The molecule has 0 aromatic heterocycles. The summed E-state index contributed by atoms with van der Waals surface area (Å²) in [5.41, 5.74) is 11.1. The number of benzene rings is 7. The number of carbonyl (C=O) groups excluding carboxylic acids is 7. The summed E-state index contributed by atoms with van der Waals surface area (Å²) in [5.74, 6) is -14.7. The van der Waals surface area contributed by atoms with Gasteiger partial charge in [0.05, 0.1) is 40.3 Å². The number of fused-ring (bicyclic) bond motifs is 15. The molecule has 1 saturated heterocycles. The molecule has 18 N–H and O–H groups in total. The zero-order chi connectivity index (χ0) is 74.2. The number of halogens is 3. The zero-order valence-corrected chi connectivity index (χ0v) is 57.5. The topological polar surface area (TPSA) is 451 Å². The largest absolute Gasteiger partial charge is 0.508 e. The molecule has 3 unspecified atom stereocenters. The number of nitrogens with one attached hydrogen (secondary N) is 7. The molecule has 28 nitrogen and oxygen atoms in total. The Kier molecular flexibility index (Phi) is 21.8. The number of phenolic OH excluding ortho intramolecular Hbond substituents is 3. The molecular formula is C72H72Cl3N9O19. The van der Waals surface area contributed by atoms with Gasteiger partial charge in [-0.3, -0.25) is 33.6 Å². The van der Waals surface area contributed by atoms with Crippen LogP contribution in [0.3, 0.4) is 0 Å². The van der Waals surface area contributed by atoms with Gasteiger partial charge in [-0.2, -0.15) is 0 Å². The standard InChI is InChI=1S/C72H72Cl3N9O19/c1-30(2)19-45(76)65(92)83-59-61(89)36-12-17-49(43(74)21-36)101-51-23-38-24-52(63(51)103-54-28-72(4,64(91)31(3)100-54)78-29-32-5-7-33(8-6-32)34-9-14-39(73)15-10-34)102-50-18-13-37(22-44(50)75)62(90)60-70(97)82-58(71(98)99)42-25-40(85)26-48(87)55(42)41-20-35(11-16-47(41)86)56(67(94)84-60)81-68(95)57(38)80-66(93)46(27-53(77)88)79-69(59)96/h5-18,20-26,30-31,45-46,54,56-62,64,78,85-87,89-91H,19,27-29,76H2,1-4H3,(H2,77,88)(H,79,96)(H,80,93)(H,81,95)(H,82,97)(H,83,92)(H,84,94)(H,98,99)/t31-,45-,46-,54?,56?,57?,58-,59+,60-,61+,62+,64+,72-/m0/s1. The molecule has 0 aliphatic carbocycles. The predicted molar refractivity (Wildman–Crippen MR) is 371 cm³/mol. The second kappa shape index (κ2) is 30.4. The first-order valence-corrected chi connectivity index (χ1v) is 33.5. The lowest BCUT2D eigenvalue weighted by molar-refractivity contribution is -0.211. The number of rotatable bonds is 13. The minimum Gasteiger partial charge on any atom is -0.508 e. The van der Waals surface area contributed by atoms with Gasteiger partial charge >= 0.3 is 5.97 Å². The predicted octanol–water partition coefficient (Wildman–Crippen LogP) is 6.17. The van der Waals surface area contributed by atoms with Gasteiger partial charge in [-0.1, -0.05) is 103 Å². The van der Waals surface area contributed by atoms with Crippen LogP contribution in [0.5, 0.6) is 46.0 Å². The highest BCUT2D eigenvalue weighted by Crippen LogP contribution is 2.50. The van der Waals surface area contributed by atoms with E-state index in [1.807, 2.05) is 36.4 Å². The minimum atomic E-state index is -2.24. The van der Waals surface area contributed by atoms with Crippen LogP contribution in [0.15, 0.2) is 127 Å². The van der Waals surface area contributed by atoms with Gasteiger partial charge in [-0.15, -0.1) is 0 Å². The summed E-state index contributed by atoms with van der Waals surface area (Å²) < 4.78 is 26.7. The Morgan fingerprint density at radius 3 is 1.84 bits per heavy atom. The number of aromatic hydroxyl groups is 3. The van der Waals surface area contributed by atoms with Gasteiger partial charge in [0, 0.05) is 40.7 Å². The Morgan fingerprint density at radius 2 is 1.24 bits per heavy atom. The van der Waals surface area contributed by atoms with Crippen molar-refractivity contribution in [3.05, 3.63) is 176 Å². The van der Waals surface area contributed by atoms with E-state index < -0.39 is 178 Å². The van der Waals surface area contributed by atoms with Gasteiger partial charge in [0.25, 0.3) is 0 Å². The number of amides is 7. The van der Waals surface area contributed by atoms with Crippen molar-refractivity contribution < 1.29 is 93.0 Å². The third-order valence-electron chi connectivity index (χ3n) is 18.1. The van der Waals surface area contributed by atoms with Crippen molar-refractivity contribution in [2.24, 2.45) is 17.4 Å². The molecule has 6 heterocycles. The monoisotopic (exact) mass is 1470 g/mol. The molecule has 103 heavy (non-hydrogen) atoms. The van der Waals surface area contributed by atoms with E-state index in [0.717, 1.165) is 53.1 Å². The average molecular weight is 1470 g/mol. The van der Waals surface area contributed by atoms with Crippen molar-refractivity contribution in [3.63, 3.8) is 0 Å². The lowest BCUT2D eigenvalue weighted by Crippen LogP contribution is -2.62. The summed E-state index contributed by atoms with van der Waals surface area (Å²) in [6.45, 7) is 7.16. The number of phenols is 3. The summed E-state index contributed by atoms with van der Waals surface area (Å²) in [4.78, 5) is 116. The van der Waals surface area contributed by atoms with E-state index in [0.29, 0.717) is 5.02 Å². The van der Waals surface area contributed by atoms with E-state index in [1.54, 1.807) is 39.8 Å².